The molecule has 0 heterocycles. The molecule has 0 aromatic carbocycles. The summed E-state index contributed by atoms with van der Waals surface area (Å²) >= 11 is 0. The van der Waals surface area contributed by atoms with Crippen molar-refractivity contribution in [3.63, 3.8) is 0 Å². The van der Waals surface area contributed by atoms with Gasteiger partial charge in [0, 0.05) is 13.2 Å². The van der Waals surface area contributed by atoms with Gasteiger partial charge in [-0.1, -0.05) is 13.8 Å². The number of ketones is 1. The van der Waals surface area contributed by atoms with Crippen molar-refractivity contribution < 1.29 is 14.3 Å². The Morgan fingerprint density at radius 3 is 2.47 bits per heavy atom. The molecule has 17 heavy (non-hydrogen) atoms. The zero-order chi connectivity index (χ0) is 12.7. The summed E-state index contributed by atoms with van der Waals surface area (Å²) in [6.45, 7) is 7.72. The van der Waals surface area contributed by atoms with Gasteiger partial charge >= 0.3 is 0 Å². The lowest BCUT2D eigenvalue weighted by molar-refractivity contribution is -0.154. The van der Waals surface area contributed by atoms with E-state index in [0.717, 1.165) is 32.1 Å². The van der Waals surface area contributed by atoms with E-state index in [1.807, 2.05) is 13.8 Å². The highest BCUT2D eigenvalue weighted by atomic mass is 16.5. The number of hydrogen-bond acceptors (Lipinski definition) is 3. The highest BCUT2D eigenvalue weighted by molar-refractivity contribution is 5.88. The van der Waals surface area contributed by atoms with Crippen molar-refractivity contribution in [1.29, 1.82) is 0 Å². The van der Waals surface area contributed by atoms with Gasteiger partial charge in [0.25, 0.3) is 0 Å². The number of ether oxygens (including phenoxy) is 2. The smallest absolute Gasteiger partial charge is 0.190 e. The Morgan fingerprint density at radius 2 is 1.94 bits per heavy atom. The van der Waals surface area contributed by atoms with Crippen LogP contribution < -0.4 is 0 Å². The lowest BCUT2D eigenvalue weighted by atomic mass is 9.77. The van der Waals surface area contributed by atoms with Crippen LogP contribution in [0.3, 0.4) is 0 Å². The summed E-state index contributed by atoms with van der Waals surface area (Å²) < 4.78 is 11.1. The van der Waals surface area contributed by atoms with Crippen molar-refractivity contribution in [1.82, 2.24) is 0 Å². The number of carbonyl (C=O) groups is 1. The molecule has 100 valence electrons. The van der Waals surface area contributed by atoms with Gasteiger partial charge in [0.2, 0.25) is 0 Å². The third-order valence-electron chi connectivity index (χ3n) is 3.59. The van der Waals surface area contributed by atoms with Gasteiger partial charge in [-0.15, -0.1) is 0 Å². The molecule has 3 nitrogen and oxygen atoms in total. The van der Waals surface area contributed by atoms with E-state index < -0.39 is 5.60 Å². The van der Waals surface area contributed by atoms with E-state index in [9.17, 15) is 4.79 Å². The molecule has 0 N–H and O–H groups in total. The van der Waals surface area contributed by atoms with Crippen molar-refractivity contribution >= 4 is 5.78 Å². The zero-order valence-corrected chi connectivity index (χ0v) is 11.5. The number of Topliss-reactive ketones (excluding diaryl/α,β-unsaturated/α-hetero) is 1. The molecule has 0 bridgehead atoms. The number of carbonyl (C=O) groups excluding carboxylic acids is 1. The van der Waals surface area contributed by atoms with E-state index in [1.54, 1.807) is 0 Å². The maximum absolute atomic E-state index is 12.2. The molecular formula is C14H26O3. The second-order valence-electron chi connectivity index (χ2n) is 5.09. The van der Waals surface area contributed by atoms with Gasteiger partial charge in [-0.05, 0) is 44.9 Å². The van der Waals surface area contributed by atoms with Gasteiger partial charge in [0.05, 0.1) is 0 Å². The van der Waals surface area contributed by atoms with Crippen LogP contribution in [0, 0.1) is 5.92 Å². The van der Waals surface area contributed by atoms with Gasteiger partial charge in [0.15, 0.2) is 5.78 Å². The molecule has 1 fully saturated rings. The fourth-order valence-corrected chi connectivity index (χ4v) is 2.45. The molecule has 0 unspecified atom stereocenters. The van der Waals surface area contributed by atoms with E-state index in [2.05, 4.69) is 6.92 Å². The molecule has 1 aliphatic rings. The maximum atomic E-state index is 12.2. The minimum absolute atomic E-state index is 0.139. The molecule has 0 atom stereocenters. The molecule has 0 radical (unpaired) electrons. The average molecular weight is 242 g/mol. The van der Waals surface area contributed by atoms with E-state index in [0.29, 0.717) is 19.1 Å². The normalized spacial score (nSPS) is 29.2. The molecule has 1 rings (SSSR count). The Morgan fingerprint density at radius 1 is 1.29 bits per heavy atom. The summed E-state index contributed by atoms with van der Waals surface area (Å²) in [4.78, 5) is 12.2. The van der Waals surface area contributed by atoms with Crippen LogP contribution in [0.25, 0.3) is 0 Å². The standard InChI is InChI=1S/C14H26O3/c1-4-10-16-11-13(15)14(17-5-2)8-6-12(3)7-9-14/h12H,4-11H2,1-3H3. The van der Waals surface area contributed by atoms with Crippen LogP contribution in [0.2, 0.25) is 0 Å². The molecule has 0 spiro atoms. The lowest BCUT2D eigenvalue weighted by Gasteiger charge is -2.37. The van der Waals surface area contributed by atoms with Crippen molar-refractivity contribution in [3.05, 3.63) is 0 Å². The van der Waals surface area contributed by atoms with Crippen LogP contribution in [-0.4, -0.2) is 31.2 Å². The van der Waals surface area contributed by atoms with Crippen LogP contribution >= 0.6 is 0 Å². The summed E-state index contributed by atoms with van der Waals surface area (Å²) in [7, 11) is 0. The largest absolute Gasteiger partial charge is 0.374 e. The SMILES string of the molecule is CCCOCC(=O)C1(OCC)CCC(C)CC1. The molecule has 0 amide bonds. The van der Waals surface area contributed by atoms with E-state index in [-0.39, 0.29) is 12.4 Å². The molecule has 1 aliphatic carbocycles. The molecule has 3 heteroatoms. The highest BCUT2D eigenvalue weighted by Gasteiger charge is 2.41. The second kappa shape index (κ2) is 7.12. The summed E-state index contributed by atoms with van der Waals surface area (Å²) in [5, 5.41) is 0. The summed E-state index contributed by atoms with van der Waals surface area (Å²) in [5.74, 6) is 0.854. The van der Waals surface area contributed by atoms with Crippen molar-refractivity contribution in [2.75, 3.05) is 19.8 Å². The Balaban J connectivity index is 2.54. The first-order valence-corrected chi connectivity index (χ1v) is 6.89. The predicted molar refractivity (Wildman–Crippen MR) is 68.1 cm³/mol. The lowest BCUT2D eigenvalue weighted by Crippen LogP contribution is -2.46. The minimum Gasteiger partial charge on any atom is -0.374 e. The van der Waals surface area contributed by atoms with Gasteiger partial charge in [-0.3, -0.25) is 4.79 Å². The predicted octanol–water partition coefficient (Wildman–Crippen LogP) is 2.97. The summed E-state index contributed by atoms with van der Waals surface area (Å²) in [6.07, 6.45) is 4.83. The second-order valence-corrected chi connectivity index (χ2v) is 5.09. The Bertz CT molecular complexity index is 230. The molecule has 0 aromatic heterocycles. The first kappa shape index (κ1) is 14.7. The van der Waals surface area contributed by atoms with Gasteiger partial charge < -0.3 is 9.47 Å². The monoisotopic (exact) mass is 242 g/mol. The van der Waals surface area contributed by atoms with Crippen LogP contribution in [-0.2, 0) is 14.3 Å². The van der Waals surface area contributed by atoms with E-state index >= 15 is 0 Å². The van der Waals surface area contributed by atoms with E-state index in [1.165, 1.54) is 0 Å². The molecule has 0 aliphatic heterocycles. The summed E-state index contributed by atoms with van der Waals surface area (Å²) in [6, 6.07) is 0. The molecule has 0 saturated heterocycles. The van der Waals surface area contributed by atoms with Crippen molar-refractivity contribution in [2.45, 2.75) is 58.5 Å². The van der Waals surface area contributed by atoms with Crippen LogP contribution in [0.1, 0.15) is 52.9 Å². The highest BCUT2D eigenvalue weighted by Crippen LogP contribution is 2.35. The molecule has 1 saturated carbocycles. The molecular weight excluding hydrogens is 216 g/mol. The minimum atomic E-state index is -0.547. The van der Waals surface area contributed by atoms with Gasteiger partial charge in [-0.2, -0.15) is 0 Å². The van der Waals surface area contributed by atoms with Crippen LogP contribution in [0.4, 0.5) is 0 Å². The Kier molecular flexibility index (Phi) is 6.14. The number of hydrogen-bond donors (Lipinski definition) is 0. The third-order valence-corrected chi connectivity index (χ3v) is 3.59. The first-order chi connectivity index (χ1) is 8.14. The third kappa shape index (κ3) is 4.07. The fraction of sp³-hybridized carbons (Fsp3) is 0.929. The maximum Gasteiger partial charge on any atom is 0.190 e. The van der Waals surface area contributed by atoms with Crippen LogP contribution in [0.15, 0.2) is 0 Å². The van der Waals surface area contributed by atoms with Gasteiger partial charge in [0.1, 0.15) is 12.2 Å². The first-order valence-electron chi connectivity index (χ1n) is 6.89. The average Bonchev–Trinajstić information content (AvgIpc) is 2.33. The molecule has 0 aromatic rings. The van der Waals surface area contributed by atoms with Crippen LogP contribution in [0.5, 0.6) is 0 Å². The zero-order valence-electron chi connectivity index (χ0n) is 11.5. The topological polar surface area (TPSA) is 35.5 Å². The van der Waals surface area contributed by atoms with Crippen molar-refractivity contribution in [3.8, 4) is 0 Å². The summed E-state index contributed by atoms with van der Waals surface area (Å²) in [5.41, 5.74) is -0.547. The Labute approximate surface area is 105 Å². The number of rotatable bonds is 7. The van der Waals surface area contributed by atoms with Crippen molar-refractivity contribution in [2.24, 2.45) is 5.92 Å². The quantitative estimate of drug-likeness (QED) is 0.644. The Hall–Kier alpha value is -0.410. The van der Waals surface area contributed by atoms with Gasteiger partial charge in [-0.25, -0.2) is 0 Å². The van der Waals surface area contributed by atoms with E-state index in [4.69, 9.17) is 9.47 Å². The fourth-order valence-electron chi connectivity index (χ4n) is 2.45.